The predicted molar refractivity (Wildman–Crippen MR) is 89.3 cm³/mol. The van der Waals surface area contributed by atoms with Crippen LogP contribution in [0.1, 0.15) is 18.4 Å². The van der Waals surface area contributed by atoms with E-state index in [1.807, 2.05) is 24.3 Å². The Morgan fingerprint density at radius 2 is 2.13 bits per heavy atom. The molecule has 5 heteroatoms. The standard InChI is InChI=1S/C18H18O4S/c19-17-7-1-5-15(11-17)12-22-18-8-2-4-14-6-3-9-23(20,21)13-16(18)10-14/h1-2,4-5,7-8,10-11,13,19H,3,6,9,12H2. The molecule has 4 nitrogen and oxygen atoms in total. The van der Waals surface area contributed by atoms with E-state index in [-0.39, 0.29) is 18.1 Å². The van der Waals surface area contributed by atoms with E-state index in [4.69, 9.17) is 4.74 Å². The number of phenolic OH excluding ortho intramolecular Hbond substituents is 1. The number of sulfone groups is 1. The molecule has 120 valence electrons. The summed E-state index contributed by atoms with van der Waals surface area (Å²) in [5.74, 6) is 0.850. The molecule has 1 aliphatic heterocycles. The molecule has 23 heavy (non-hydrogen) atoms. The number of ether oxygens (including phenoxy) is 1. The first-order chi connectivity index (χ1) is 11.0. The van der Waals surface area contributed by atoms with Gasteiger partial charge in [0.15, 0.2) is 9.84 Å². The normalized spacial score (nSPS) is 19.6. The van der Waals surface area contributed by atoms with Gasteiger partial charge in [-0.1, -0.05) is 24.3 Å². The third-order valence-corrected chi connectivity index (χ3v) is 5.16. The molecule has 0 aromatic heterocycles. The van der Waals surface area contributed by atoms with Gasteiger partial charge in [-0.2, -0.15) is 0 Å². The van der Waals surface area contributed by atoms with Crippen LogP contribution in [0.2, 0.25) is 0 Å². The molecule has 1 N–H and O–H groups in total. The predicted octanol–water partition coefficient (Wildman–Crippen LogP) is 3.38. The summed E-state index contributed by atoms with van der Waals surface area (Å²) >= 11 is 0. The van der Waals surface area contributed by atoms with Crippen LogP contribution < -0.4 is 0 Å². The fraction of sp³-hybridized carbons (Fsp3) is 0.222. The minimum absolute atomic E-state index is 0.154. The Bertz CT molecular complexity index is 826. The quantitative estimate of drug-likeness (QED) is 0.923. The largest absolute Gasteiger partial charge is 0.508 e. The monoisotopic (exact) mass is 330 g/mol. The molecule has 2 aliphatic rings. The molecule has 0 atom stereocenters. The molecule has 0 saturated heterocycles. The van der Waals surface area contributed by atoms with Crippen molar-refractivity contribution in [1.82, 2.24) is 0 Å². The van der Waals surface area contributed by atoms with Crippen molar-refractivity contribution in [2.75, 3.05) is 5.75 Å². The zero-order valence-electron chi connectivity index (χ0n) is 12.6. The number of phenols is 1. The van der Waals surface area contributed by atoms with Gasteiger partial charge >= 0.3 is 0 Å². The Morgan fingerprint density at radius 3 is 2.96 bits per heavy atom. The summed E-state index contributed by atoms with van der Waals surface area (Å²) in [4.78, 5) is 0. The summed E-state index contributed by atoms with van der Waals surface area (Å²) in [6.45, 7) is 0.259. The average molecular weight is 330 g/mol. The van der Waals surface area contributed by atoms with Crippen LogP contribution >= 0.6 is 0 Å². The lowest BCUT2D eigenvalue weighted by molar-refractivity contribution is 0.208. The Balaban J connectivity index is 1.86. The van der Waals surface area contributed by atoms with Gasteiger partial charge in [0.25, 0.3) is 0 Å². The smallest absolute Gasteiger partial charge is 0.172 e. The summed E-state index contributed by atoms with van der Waals surface area (Å²) in [5.41, 5.74) is 2.49. The number of allylic oxidation sites excluding steroid dienone is 5. The zero-order chi connectivity index (χ0) is 16.3. The number of hydrogen-bond donors (Lipinski definition) is 1. The highest BCUT2D eigenvalue weighted by Crippen LogP contribution is 2.26. The average Bonchev–Trinajstić information content (AvgIpc) is 2.66. The van der Waals surface area contributed by atoms with Crippen LogP contribution in [0.25, 0.3) is 0 Å². The fourth-order valence-corrected chi connectivity index (χ4v) is 3.83. The van der Waals surface area contributed by atoms with Crippen LogP contribution in [0.15, 0.2) is 70.9 Å². The van der Waals surface area contributed by atoms with E-state index in [9.17, 15) is 13.5 Å². The first-order valence-corrected chi connectivity index (χ1v) is 9.18. The first-order valence-electron chi connectivity index (χ1n) is 7.46. The second kappa shape index (κ2) is 6.46. The zero-order valence-corrected chi connectivity index (χ0v) is 13.4. The van der Waals surface area contributed by atoms with Gasteiger partial charge in [0, 0.05) is 11.0 Å². The van der Waals surface area contributed by atoms with E-state index in [2.05, 4.69) is 0 Å². The maximum atomic E-state index is 12.1. The molecule has 0 unspecified atom stereocenters. The van der Waals surface area contributed by atoms with Gasteiger partial charge in [-0.05, 0) is 48.3 Å². The van der Waals surface area contributed by atoms with Gasteiger partial charge < -0.3 is 9.84 Å². The van der Waals surface area contributed by atoms with E-state index >= 15 is 0 Å². The summed E-state index contributed by atoms with van der Waals surface area (Å²) < 4.78 is 29.9. The molecule has 0 amide bonds. The molecule has 3 rings (SSSR count). The molecule has 0 spiro atoms. The Labute approximate surface area is 136 Å². The Kier molecular flexibility index (Phi) is 4.39. The van der Waals surface area contributed by atoms with Gasteiger partial charge in [0.2, 0.25) is 0 Å². The van der Waals surface area contributed by atoms with E-state index in [1.54, 1.807) is 24.3 Å². The lowest BCUT2D eigenvalue weighted by Gasteiger charge is -2.13. The maximum Gasteiger partial charge on any atom is 0.172 e. The van der Waals surface area contributed by atoms with Gasteiger partial charge in [-0.25, -0.2) is 8.42 Å². The van der Waals surface area contributed by atoms with E-state index in [0.29, 0.717) is 17.8 Å². The molecule has 1 aliphatic carbocycles. The fourth-order valence-electron chi connectivity index (χ4n) is 2.59. The molecular weight excluding hydrogens is 312 g/mol. The van der Waals surface area contributed by atoms with Crippen molar-refractivity contribution in [3.63, 3.8) is 0 Å². The molecular formula is C18H18O4S. The number of hydrogen-bond acceptors (Lipinski definition) is 4. The number of fused-ring (bicyclic) bond motifs is 1. The highest BCUT2D eigenvalue weighted by Gasteiger charge is 2.17. The number of rotatable bonds is 3. The van der Waals surface area contributed by atoms with Crippen molar-refractivity contribution in [3.8, 4) is 5.75 Å². The van der Waals surface area contributed by atoms with Crippen LogP contribution in [0.4, 0.5) is 0 Å². The first kappa shape index (κ1) is 15.6. The van der Waals surface area contributed by atoms with E-state index in [0.717, 1.165) is 17.6 Å². The Morgan fingerprint density at radius 1 is 1.26 bits per heavy atom. The van der Waals surface area contributed by atoms with Crippen LogP contribution in [-0.4, -0.2) is 19.3 Å². The molecule has 0 saturated carbocycles. The van der Waals surface area contributed by atoms with Crippen molar-refractivity contribution in [3.05, 3.63) is 76.4 Å². The minimum atomic E-state index is -3.23. The van der Waals surface area contributed by atoms with Crippen molar-refractivity contribution in [2.45, 2.75) is 19.4 Å². The molecule has 1 heterocycles. The van der Waals surface area contributed by atoms with Crippen LogP contribution in [-0.2, 0) is 21.2 Å². The summed E-state index contributed by atoms with van der Waals surface area (Å²) in [5, 5.41) is 10.8. The van der Waals surface area contributed by atoms with Crippen molar-refractivity contribution < 1.29 is 18.3 Å². The third-order valence-electron chi connectivity index (χ3n) is 3.69. The number of benzene rings is 1. The van der Waals surface area contributed by atoms with Crippen molar-refractivity contribution >= 4 is 9.84 Å². The number of aromatic hydroxyl groups is 1. The van der Waals surface area contributed by atoms with Gasteiger partial charge in [0.05, 0.1) is 5.75 Å². The lowest BCUT2D eigenvalue weighted by atomic mass is 10.1. The molecule has 1 aromatic carbocycles. The van der Waals surface area contributed by atoms with Crippen LogP contribution in [0.5, 0.6) is 5.75 Å². The lowest BCUT2D eigenvalue weighted by Crippen LogP contribution is -2.07. The third kappa shape index (κ3) is 4.13. The topological polar surface area (TPSA) is 63.6 Å². The van der Waals surface area contributed by atoms with Crippen molar-refractivity contribution in [2.24, 2.45) is 0 Å². The second-order valence-corrected chi connectivity index (χ2v) is 7.58. The highest BCUT2D eigenvalue weighted by molar-refractivity contribution is 7.94. The van der Waals surface area contributed by atoms with Crippen molar-refractivity contribution in [1.29, 1.82) is 0 Å². The molecule has 1 aromatic rings. The SMILES string of the molecule is O=S1(=O)C=C2C=C(C=CC=C2OCc2cccc(O)c2)CCC1. The van der Waals surface area contributed by atoms with Gasteiger partial charge in [-0.3, -0.25) is 0 Å². The second-order valence-electron chi connectivity index (χ2n) is 5.61. The summed E-state index contributed by atoms with van der Waals surface area (Å²) in [6, 6.07) is 6.80. The summed E-state index contributed by atoms with van der Waals surface area (Å²) in [7, 11) is -3.23. The van der Waals surface area contributed by atoms with E-state index in [1.165, 1.54) is 5.41 Å². The highest BCUT2D eigenvalue weighted by atomic mass is 32.2. The van der Waals surface area contributed by atoms with Crippen LogP contribution in [0, 0.1) is 0 Å². The van der Waals surface area contributed by atoms with Crippen LogP contribution in [0.3, 0.4) is 0 Å². The molecule has 0 radical (unpaired) electrons. The molecule has 0 fully saturated rings. The van der Waals surface area contributed by atoms with Gasteiger partial charge in [0.1, 0.15) is 18.1 Å². The van der Waals surface area contributed by atoms with Gasteiger partial charge in [-0.15, -0.1) is 0 Å². The van der Waals surface area contributed by atoms with E-state index < -0.39 is 9.84 Å². The minimum Gasteiger partial charge on any atom is -0.508 e. The molecule has 2 bridgehead atoms. The summed E-state index contributed by atoms with van der Waals surface area (Å²) in [6.07, 6.45) is 8.87. The Hall–Kier alpha value is -2.27. The maximum absolute atomic E-state index is 12.1.